The Morgan fingerprint density at radius 2 is 1.90 bits per heavy atom. The molecule has 1 aromatic heterocycles. The van der Waals surface area contributed by atoms with Crippen molar-refractivity contribution in [3.8, 4) is 11.5 Å². The van der Waals surface area contributed by atoms with Crippen LogP contribution in [0.1, 0.15) is 25.8 Å². The van der Waals surface area contributed by atoms with Gasteiger partial charge in [-0.1, -0.05) is 6.92 Å². The molecule has 0 aliphatic carbocycles. The van der Waals surface area contributed by atoms with Crippen molar-refractivity contribution >= 4 is 9.84 Å². The van der Waals surface area contributed by atoms with Gasteiger partial charge in [0.25, 0.3) is 0 Å². The van der Waals surface area contributed by atoms with E-state index in [9.17, 15) is 8.42 Å². The van der Waals surface area contributed by atoms with Crippen LogP contribution >= 0.6 is 0 Å². The van der Waals surface area contributed by atoms with E-state index in [-0.39, 0.29) is 10.9 Å². The second-order valence-electron chi connectivity index (χ2n) is 4.52. The average molecular weight is 295 g/mol. The lowest BCUT2D eigenvalue weighted by Crippen LogP contribution is -2.17. The molecule has 0 saturated carbocycles. The zero-order chi connectivity index (χ0) is 14.8. The molecule has 0 radical (unpaired) electrons. The van der Waals surface area contributed by atoms with Crippen molar-refractivity contribution in [1.82, 2.24) is 15.5 Å². The molecule has 0 aliphatic rings. The Bertz CT molecular complexity index is 677. The van der Waals surface area contributed by atoms with Gasteiger partial charge in [-0.05, 0) is 37.7 Å². The summed E-state index contributed by atoms with van der Waals surface area (Å²) >= 11 is 0. The third kappa shape index (κ3) is 3.23. The SMILES string of the molecule is CCNC(C)c1nnc(-c2ccc(S(C)(=O)=O)cc2)o1. The fourth-order valence-corrected chi connectivity index (χ4v) is 2.39. The van der Waals surface area contributed by atoms with Crippen LogP contribution in [0.5, 0.6) is 0 Å². The van der Waals surface area contributed by atoms with Crippen molar-refractivity contribution in [3.05, 3.63) is 30.2 Å². The smallest absolute Gasteiger partial charge is 0.247 e. The van der Waals surface area contributed by atoms with Crippen LogP contribution in [0.25, 0.3) is 11.5 Å². The average Bonchev–Trinajstić information content (AvgIpc) is 2.88. The van der Waals surface area contributed by atoms with E-state index in [0.717, 1.165) is 6.54 Å². The molecule has 0 saturated heterocycles. The van der Waals surface area contributed by atoms with Gasteiger partial charge in [-0.15, -0.1) is 10.2 Å². The van der Waals surface area contributed by atoms with Gasteiger partial charge in [0.05, 0.1) is 10.9 Å². The summed E-state index contributed by atoms with van der Waals surface area (Å²) in [5, 5.41) is 11.1. The largest absolute Gasteiger partial charge is 0.419 e. The second kappa shape index (κ2) is 5.72. The molecule has 1 heterocycles. The van der Waals surface area contributed by atoms with Gasteiger partial charge in [0.1, 0.15) is 0 Å². The molecular weight excluding hydrogens is 278 g/mol. The normalized spacial score (nSPS) is 13.3. The Morgan fingerprint density at radius 3 is 2.45 bits per heavy atom. The van der Waals surface area contributed by atoms with Crippen LogP contribution in [-0.4, -0.2) is 31.4 Å². The minimum atomic E-state index is -3.19. The highest BCUT2D eigenvalue weighted by Crippen LogP contribution is 2.22. The summed E-state index contributed by atoms with van der Waals surface area (Å²) in [5.74, 6) is 0.888. The third-order valence-electron chi connectivity index (χ3n) is 2.85. The van der Waals surface area contributed by atoms with Crippen molar-refractivity contribution in [2.75, 3.05) is 12.8 Å². The molecule has 0 amide bonds. The van der Waals surface area contributed by atoms with E-state index in [2.05, 4.69) is 15.5 Å². The standard InChI is InChI=1S/C13H17N3O3S/c1-4-14-9(2)12-15-16-13(19-12)10-5-7-11(8-6-10)20(3,17)18/h5-9,14H,4H2,1-3H3. The lowest BCUT2D eigenvalue weighted by Gasteiger charge is -2.05. The quantitative estimate of drug-likeness (QED) is 0.905. The van der Waals surface area contributed by atoms with E-state index in [4.69, 9.17) is 4.42 Å². The van der Waals surface area contributed by atoms with Crippen molar-refractivity contribution in [2.45, 2.75) is 24.8 Å². The number of aromatic nitrogens is 2. The zero-order valence-electron chi connectivity index (χ0n) is 11.6. The minimum Gasteiger partial charge on any atom is -0.419 e. The van der Waals surface area contributed by atoms with E-state index in [1.165, 1.54) is 18.4 Å². The van der Waals surface area contributed by atoms with E-state index in [1.807, 2.05) is 13.8 Å². The Kier molecular flexibility index (Phi) is 4.20. The number of benzene rings is 1. The lowest BCUT2D eigenvalue weighted by molar-refractivity contribution is 0.429. The first-order valence-corrected chi connectivity index (χ1v) is 8.18. The van der Waals surface area contributed by atoms with Crippen molar-refractivity contribution in [1.29, 1.82) is 0 Å². The molecule has 1 atom stereocenters. The van der Waals surface area contributed by atoms with Gasteiger partial charge in [-0.2, -0.15) is 0 Å². The highest BCUT2D eigenvalue weighted by atomic mass is 32.2. The highest BCUT2D eigenvalue weighted by Gasteiger charge is 2.14. The maximum Gasteiger partial charge on any atom is 0.247 e. The number of rotatable bonds is 5. The molecule has 1 aromatic carbocycles. The monoisotopic (exact) mass is 295 g/mol. The van der Waals surface area contributed by atoms with Crippen LogP contribution in [0.2, 0.25) is 0 Å². The lowest BCUT2D eigenvalue weighted by atomic mass is 10.2. The number of sulfone groups is 1. The van der Waals surface area contributed by atoms with Crippen molar-refractivity contribution in [3.63, 3.8) is 0 Å². The fraction of sp³-hybridized carbons (Fsp3) is 0.385. The molecule has 7 heteroatoms. The summed E-state index contributed by atoms with van der Waals surface area (Å²) in [6, 6.07) is 6.36. The van der Waals surface area contributed by atoms with Gasteiger partial charge >= 0.3 is 0 Å². The maximum absolute atomic E-state index is 11.4. The third-order valence-corrected chi connectivity index (χ3v) is 3.98. The molecule has 1 N–H and O–H groups in total. The molecular formula is C13H17N3O3S. The Hall–Kier alpha value is -1.73. The van der Waals surface area contributed by atoms with Gasteiger partial charge in [0.15, 0.2) is 9.84 Å². The summed E-state index contributed by atoms with van der Waals surface area (Å²) < 4.78 is 28.3. The molecule has 0 fully saturated rings. The molecule has 2 rings (SSSR count). The Labute approximate surface area is 118 Å². The molecule has 108 valence electrons. The molecule has 1 unspecified atom stereocenters. The number of hydrogen-bond acceptors (Lipinski definition) is 6. The first-order chi connectivity index (χ1) is 9.41. The van der Waals surface area contributed by atoms with Gasteiger partial charge in [-0.25, -0.2) is 8.42 Å². The predicted octanol–water partition coefficient (Wildman–Crippen LogP) is 1.81. The van der Waals surface area contributed by atoms with Crippen LogP contribution in [0, 0.1) is 0 Å². The Morgan fingerprint density at radius 1 is 1.25 bits per heavy atom. The Balaban J connectivity index is 2.24. The van der Waals surface area contributed by atoms with Gasteiger partial charge in [0.2, 0.25) is 11.8 Å². The van der Waals surface area contributed by atoms with Gasteiger partial charge in [0, 0.05) is 11.8 Å². The number of nitrogens with zero attached hydrogens (tertiary/aromatic N) is 2. The van der Waals surface area contributed by atoms with E-state index < -0.39 is 9.84 Å². The summed E-state index contributed by atoms with van der Waals surface area (Å²) in [5.41, 5.74) is 0.694. The van der Waals surface area contributed by atoms with Crippen molar-refractivity contribution in [2.24, 2.45) is 0 Å². The van der Waals surface area contributed by atoms with Crippen molar-refractivity contribution < 1.29 is 12.8 Å². The first kappa shape index (κ1) is 14.7. The summed E-state index contributed by atoms with van der Waals surface area (Å²) in [6.45, 7) is 4.74. The number of nitrogens with one attached hydrogen (secondary N) is 1. The molecule has 0 aliphatic heterocycles. The van der Waals surface area contributed by atoms with E-state index in [0.29, 0.717) is 17.3 Å². The summed E-state index contributed by atoms with van der Waals surface area (Å²) in [4.78, 5) is 0.266. The van der Waals surface area contributed by atoms with Crippen LogP contribution in [0.4, 0.5) is 0 Å². The van der Waals surface area contributed by atoms with Crippen LogP contribution in [0.15, 0.2) is 33.6 Å². The first-order valence-electron chi connectivity index (χ1n) is 6.29. The van der Waals surface area contributed by atoms with E-state index in [1.54, 1.807) is 12.1 Å². The number of hydrogen-bond donors (Lipinski definition) is 1. The molecule has 0 bridgehead atoms. The predicted molar refractivity (Wildman–Crippen MR) is 74.9 cm³/mol. The maximum atomic E-state index is 11.4. The van der Waals surface area contributed by atoms with Crippen LogP contribution in [0.3, 0.4) is 0 Å². The summed E-state index contributed by atoms with van der Waals surface area (Å²) in [7, 11) is -3.19. The van der Waals surface area contributed by atoms with Gasteiger partial charge < -0.3 is 9.73 Å². The van der Waals surface area contributed by atoms with Gasteiger partial charge in [-0.3, -0.25) is 0 Å². The minimum absolute atomic E-state index is 0.0171. The summed E-state index contributed by atoms with van der Waals surface area (Å²) in [6.07, 6.45) is 1.17. The van der Waals surface area contributed by atoms with E-state index >= 15 is 0 Å². The molecule has 6 nitrogen and oxygen atoms in total. The molecule has 0 spiro atoms. The zero-order valence-corrected chi connectivity index (χ0v) is 12.4. The highest BCUT2D eigenvalue weighted by molar-refractivity contribution is 7.90. The molecule has 2 aromatic rings. The second-order valence-corrected chi connectivity index (χ2v) is 6.54. The molecule has 20 heavy (non-hydrogen) atoms. The fourth-order valence-electron chi connectivity index (χ4n) is 1.76. The van der Waals surface area contributed by atoms with Crippen LogP contribution in [-0.2, 0) is 9.84 Å². The topological polar surface area (TPSA) is 85.1 Å². The van der Waals surface area contributed by atoms with Crippen LogP contribution < -0.4 is 5.32 Å².